The average Bonchev–Trinajstić information content (AvgIpc) is 2.71. The van der Waals surface area contributed by atoms with E-state index in [0.717, 1.165) is 23.7 Å². The molecule has 1 N–H and O–H groups in total. The quantitative estimate of drug-likeness (QED) is 0.870. The van der Waals surface area contributed by atoms with Crippen molar-refractivity contribution < 1.29 is 0 Å². The Morgan fingerprint density at radius 3 is 2.94 bits per heavy atom. The molecule has 0 radical (unpaired) electrons. The number of benzene rings is 1. The average molecular weight is 239 g/mol. The second-order valence-electron chi connectivity index (χ2n) is 4.59. The van der Waals surface area contributed by atoms with Crippen molar-refractivity contribution in [3.05, 3.63) is 34.3 Å². The van der Waals surface area contributed by atoms with Crippen molar-refractivity contribution in [3.63, 3.8) is 0 Å². The standard InChI is InChI=1S/C13H19ClN2/c1-10-3-4-11(7-13(10)14)8-16-6-5-12(9-16)15-2/h3-4,7,12,15H,5-6,8-9H2,1-2H3. The molecule has 0 amide bonds. The summed E-state index contributed by atoms with van der Waals surface area (Å²) in [7, 11) is 2.04. The lowest BCUT2D eigenvalue weighted by Crippen LogP contribution is -2.29. The lowest BCUT2D eigenvalue weighted by atomic mass is 10.1. The minimum Gasteiger partial charge on any atom is -0.316 e. The molecule has 1 unspecified atom stereocenters. The van der Waals surface area contributed by atoms with E-state index in [1.165, 1.54) is 18.5 Å². The van der Waals surface area contributed by atoms with Crippen molar-refractivity contribution in [2.75, 3.05) is 20.1 Å². The second-order valence-corrected chi connectivity index (χ2v) is 5.00. The third-order valence-electron chi connectivity index (χ3n) is 3.32. The van der Waals surface area contributed by atoms with E-state index in [9.17, 15) is 0 Å². The van der Waals surface area contributed by atoms with E-state index in [-0.39, 0.29) is 0 Å². The first-order valence-electron chi connectivity index (χ1n) is 5.83. The molecule has 1 saturated heterocycles. The Kier molecular flexibility index (Phi) is 3.85. The molecule has 1 atom stereocenters. The lowest BCUT2D eigenvalue weighted by Gasteiger charge is -2.16. The molecule has 0 bridgehead atoms. The van der Waals surface area contributed by atoms with Gasteiger partial charge in [0, 0.05) is 30.7 Å². The first-order valence-corrected chi connectivity index (χ1v) is 6.21. The van der Waals surface area contributed by atoms with Crippen LogP contribution in [0.3, 0.4) is 0 Å². The van der Waals surface area contributed by atoms with Gasteiger partial charge in [-0.1, -0.05) is 23.7 Å². The largest absolute Gasteiger partial charge is 0.316 e. The van der Waals surface area contributed by atoms with Crippen molar-refractivity contribution in [3.8, 4) is 0 Å². The van der Waals surface area contributed by atoms with Gasteiger partial charge in [0.25, 0.3) is 0 Å². The molecular formula is C13H19ClN2. The normalized spacial score (nSPS) is 21.6. The smallest absolute Gasteiger partial charge is 0.0438 e. The Bertz CT molecular complexity index is 365. The summed E-state index contributed by atoms with van der Waals surface area (Å²) in [6.07, 6.45) is 1.25. The van der Waals surface area contributed by atoms with Gasteiger partial charge in [-0.3, -0.25) is 4.90 Å². The van der Waals surface area contributed by atoms with Gasteiger partial charge >= 0.3 is 0 Å². The molecule has 2 rings (SSSR count). The van der Waals surface area contributed by atoms with E-state index in [2.05, 4.69) is 28.4 Å². The monoisotopic (exact) mass is 238 g/mol. The van der Waals surface area contributed by atoms with Crippen LogP contribution in [-0.4, -0.2) is 31.1 Å². The predicted molar refractivity (Wildman–Crippen MR) is 68.9 cm³/mol. The van der Waals surface area contributed by atoms with Crippen molar-refractivity contribution in [2.24, 2.45) is 0 Å². The number of hydrogen-bond donors (Lipinski definition) is 1. The number of rotatable bonds is 3. The van der Waals surface area contributed by atoms with Gasteiger partial charge in [0.2, 0.25) is 0 Å². The van der Waals surface area contributed by atoms with Gasteiger partial charge in [-0.25, -0.2) is 0 Å². The molecule has 0 spiro atoms. The zero-order valence-corrected chi connectivity index (χ0v) is 10.7. The van der Waals surface area contributed by atoms with Gasteiger partial charge in [-0.15, -0.1) is 0 Å². The van der Waals surface area contributed by atoms with E-state index in [4.69, 9.17) is 11.6 Å². The molecule has 1 aliphatic rings. The molecule has 2 nitrogen and oxygen atoms in total. The molecule has 1 heterocycles. The van der Waals surface area contributed by atoms with E-state index < -0.39 is 0 Å². The number of nitrogens with zero attached hydrogens (tertiary/aromatic N) is 1. The summed E-state index contributed by atoms with van der Waals surface area (Å²) in [5, 5.41) is 4.21. The van der Waals surface area contributed by atoms with Gasteiger partial charge in [0.1, 0.15) is 0 Å². The second kappa shape index (κ2) is 5.17. The minimum atomic E-state index is 0.654. The molecule has 1 aromatic carbocycles. The van der Waals surface area contributed by atoms with Crippen LogP contribution in [0.25, 0.3) is 0 Å². The van der Waals surface area contributed by atoms with Crippen LogP contribution >= 0.6 is 11.6 Å². The van der Waals surface area contributed by atoms with Crippen LogP contribution in [0.1, 0.15) is 17.5 Å². The highest BCUT2D eigenvalue weighted by Gasteiger charge is 2.20. The zero-order valence-electron chi connectivity index (χ0n) is 9.96. The maximum Gasteiger partial charge on any atom is 0.0438 e. The van der Waals surface area contributed by atoms with Crippen LogP contribution < -0.4 is 5.32 Å². The highest BCUT2D eigenvalue weighted by Crippen LogP contribution is 2.19. The topological polar surface area (TPSA) is 15.3 Å². The predicted octanol–water partition coefficient (Wildman–Crippen LogP) is 2.44. The third-order valence-corrected chi connectivity index (χ3v) is 3.73. The maximum absolute atomic E-state index is 6.12. The molecule has 0 aliphatic carbocycles. The highest BCUT2D eigenvalue weighted by atomic mass is 35.5. The molecular weight excluding hydrogens is 220 g/mol. The number of nitrogens with one attached hydrogen (secondary N) is 1. The minimum absolute atomic E-state index is 0.654. The van der Waals surface area contributed by atoms with Crippen LogP contribution in [0.5, 0.6) is 0 Å². The first-order chi connectivity index (χ1) is 7.69. The van der Waals surface area contributed by atoms with E-state index in [0.29, 0.717) is 6.04 Å². The fraction of sp³-hybridized carbons (Fsp3) is 0.538. The molecule has 16 heavy (non-hydrogen) atoms. The van der Waals surface area contributed by atoms with Gasteiger partial charge in [-0.2, -0.15) is 0 Å². The fourth-order valence-corrected chi connectivity index (χ4v) is 2.41. The van der Waals surface area contributed by atoms with Crippen molar-refractivity contribution in [2.45, 2.75) is 25.9 Å². The van der Waals surface area contributed by atoms with Crippen LogP contribution in [-0.2, 0) is 6.54 Å². The van der Waals surface area contributed by atoms with E-state index in [1.807, 2.05) is 14.0 Å². The molecule has 1 fully saturated rings. The zero-order chi connectivity index (χ0) is 11.5. The van der Waals surface area contributed by atoms with Crippen LogP contribution in [0.15, 0.2) is 18.2 Å². The van der Waals surface area contributed by atoms with Gasteiger partial charge in [0.15, 0.2) is 0 Å². The fourth-order valence-electron chi connectivity index (χ4n) is 2.20. The third kappa shape index (κ3) is 2.76. The summed E-state index contributed by atoms with van der Waals surface area (Å²) in [5.41, 5.74) is 2.47. The Morgan fingerprint density at radius 2 is 2.31 bits per heavy atom. The lowest BCUT2D eigenvalue weighted by molar-refractivity contribution is 0.322. The molecule has 0 aromatic heterocycles. The van der Waals surface area contributed by atoms with Crippen molar-refractivity contribution >= 4 is 11.6 Å². The Labute approximate surface area is 103 Å². The van der Waals surface area contributed by atoms with E-state index >= 15 is 0 Å². The van der Waals surface area contributed by atoms with Gasteiger partial charge < -0.3 is 5.32 Å². The summed E-state index contributed by atoms with van der Waals surface area (Å²) < 4.78 is 0. The highest BCUT2D eigenvalue weighted by molar-refractivity contribution is 6.31. The van der Waals surface area contributed by atoms with Crippen molar-refractivity contribution in [1.82, 2.24) is 10.2 Å². The summed E-state index contributed by atoms with van der Waals surface area (Å²) >= 11 is 6.12. The number of hydrogen-bond acceptors (Lipinski definition) is 2. The molecule has 0 saturated carbocycles. The number of aryl methyl sites for hydroxylation is 1. The number of halogens is 1. The Morgan fingerprint density at radius 1 is 1.50 bits per heavy atom. The van der Waals surface area contributed by atoms with Crippen LogP contribution in [0.2, 0.25) is 5.02 Å². The maximum atomic E-state index is 6.12. The summed E-state index contributed by atoms with van der Waals surface area (Å²) in [6.45, 7) is 5.37. The van der Waals surface area contributed by atoms with Gasteiger partial charge in [-0.05, 0) is 37.6 Å². The summed E-state index contributed by atoms with van der Waals surface area (Å²) in [6, 6.07) is 7.02. The number of likely N-dealkylation sites (tertiary alicyclic amines) is 1. The number of likely N-dealkylation sites (N-methyl/N-ethyl adjacent to an activating group) is 1. The molecule has 1 aromatic rings. The first kappa shape index (κ1) is 11.9. The SMILES string of the molecule is CNC1CCN(Cc2ccc(C)c(Cl)c2)C1. The molecule has 1 aliphatic heterocycles. The van der Waals surface area contributed by atoms with Crippen molar-refractivity contribution in [1.29, 1.82) is 0 Å². The van der Waals surface area contributed by atoms with Crippen LogP contribution in [0.4, 0.5) is 0 Å². The Balaban J connectivity index is 1.97. The van der Waals surface area contributed by atoms with E-state index in [1.54, 1.807) is 0 Å². The van der Waals surface area contributed by atoms with Gasteiger partial charge in [0.05, 0.1) is 0 Å². The Hall–Kier alpha value is -0.570. The van der Waals surface area contributed by atoms with Crippen LogP contribution in [0, 0.1) is 6.92 Å². The summed E-state index contributed by atoms with van der Waals surface area (Å²) in [5.74, 6) is 0. The molecule has 88 valence electrons. The summed E-state index contributed by atoms with van der Waals surface area (Å²) in [4.78, 5) is 2.47. The molecule has 3 heteroatoms.